The molecule has 0 saturated carbocycles. The van der Waals surface area contributed by atoms with E-state index in [0.717, 1.165) is 66.9 Å². The Balaban J connectivity index is 0.00000462. The molecule has 0 saturated heterocycles. The molecule has 0 radical (unpaired) electrons. The Hall–Kier alpha value is -0.800. The van der Waals surface area contributed by atoms with Crippen LogP contribution < -0.4 is 69.3 Å². The van der Waals surface area contributed by atoms with Crippen molar-refractivity contribution < 1.29 is 96.1 Å². The Kier molecular flexibility index (Phi) is 18.4. The fourth-order valence-corrected chi connectivity index (χ4v) is 6.08. The minimum absolute atomic E-state index is 0. The second-order valence-electron chi connectivity index (χ2n) is 10.1. The van der Waals surface area contributed by atoms with E-state index in [9.17, 15) is 23.0 Å². The first-order chi connectivity index (χ1) is 19.6. The Labute approximate surface area is 303 Å². The predicted molar refractivity (Wildman–Crippen MR) is 157 cm³/mol. The van der Waals surface area contributed by atoms with Crippen LogP contribution in [0.2, 0.25) is 0 Å². The van der Waals surface area contributed by atoms with Crippen LogP contribution in [0.5, 0.6) is 0 Å². The maximum atomic E-state index is 12.3. The van der Waals surface area contributed by atoms with Gasteiger partial charge in [-0.25, -0.2) is 8.42 Å². The van der Waals surface area contributed by atoms with Crippen LogP contribution in [0.15, 0.2) is 77.9 Å². The first kappa shape index (κ1) is 40.2. The van der Waals surface area contributed by atoms with Gasteiger partial charge in [0.05, 0.1) is 27.6 Å². The van der Waals surface area contributed by atoms with Gasteiger partial charge in [-0.2, -0.15) is 8.91 Å². The number of fused-ring (bicyclic) bond motifs is 1. The van der Waals surface area contributed by atoms with Crippen LogP contribution in [-0.4, -0.2) is 41.5 Å². The number of benzene rings is 2. The molecule has 2 aromatic carbocycles. The van der Waals surface area contributed by atoms with Crippen LogP contribution in [0.1, 0.15) is 64.9 Å². The molecule has 1 aliphatic heterocycles. The Morgan fingerprint density at radius 2 is 1.79 bits per heavy atom. The van der Waals surface area contributed by atoms with Crippen molar-refractivity contribution in [2.24, 2.45) is 0 Å². The maximum absolute atomic E-state index is 12.3. The Morgan fingerprint density at radius 1 is 1.07 bits per heavy atom. The van der Waals surface area contributed by atoms with Crippen LogP contribution in [0.4, 0.5) is 11.4 Å². The third kappa shape index (κ3) is 11.8. The van der Waals surface area contributed by atoms with E-state index in [2.05, 4.69) is 20.9 Å². The number of carbonyl (C=O) groups is 1. The molecule has 0 bridgehead atoms. The van der Waals surface area contributed by atoms with Crippen LogP contribution >= 0.6 is 12.0 Å². The van der Waals surface area contributed by atoms with Crippen molar-refractivity contribution in [3.05, 3.63) is 78.5 Å². The summed E-state index contributed by atoms with van der Waals surface area (Å²) in [5.74, 6) is -0.588. The number of allylic oxidation sites excluding steroid dienone is 3. The summed E-state index contributed by atoms with van der Waals surface area (Å²) in [6, 6.07) is 15.0. The summed E-state index contributed by atoms with van der Waals surface area (Å²) in [7, 11) is -4.37. The monoisotopic (exact) mass is 647 g/mol. The molecule has 1 unspecified atom stereocenters. The Bertz CT molecular complexity index is 1390. The van der Waals surface area contributed by atoms with Gasteiger partial charge in [0.2, 0.25) is 11.6 Å². The van der Waals surface area contributed by atoms with Crippen LogP contribution in [0.25, 0.3) is 0 Å². The average molecular weight is 648 g/mol. The van der Waals surface area contributed by atoms with E-state index in [4.69, 9.17) is 0 Å². The predicted octanol–water partition coefficient (Wildman–Crippen LogP) is -0.690. The van der Waals surface area contributed by atoms with Gasteiger partial charge in [0.1, 0.15) is 6.54 Å². The molecule has 1 amide bonds. The van der Waals surface area contributed by atoms with E-state index >= 15 is 0 Å². The minimum Gasteiger partial charge on any atom is -0.748 e. The first-order valence-corrected chi connectivity index (χ1v) is 16.0. The van der Waals surface area contributed by atoms with Gasteiger partial charge in [-0.05, 0) is 56.5 Å². The van der Waals surface area contributed by atoms with Crippen molar-refractivity contribution >= 4 is 45.2 Å². The summed E-state index contributed by atoms with van der Waals surface area (Å²) >= 11 is 0.792. The average Bonchev–Trinajstić information content (AvgIpc) is 3.16. The molecule has 0 aromatic heterocycles. The maximum Gasteiger partial charge on any atom is 1.00 e. The molecular formula is C30H37N2Na2O7S2+. The van der Waals surface area contributed by atoms with Crippen molar-refractivity contribution in [1.29, 1.82) is 0 Å². The second-order valence-corrected chi connectivity index (χ2v) is 12.4. The zero-order valence-corrected chi connectivity index (χ0v) is 31.3. The summed E-state index contributed by atoms with van der Waals surface area (Å²) in [5, 5.41) is 13.9. The van der Waals surface area contributed by atoms with Gasteiger partial charge in [-0.15, -0.1) is 0 Å². The van der Waals surface area contributed by atoms with Crippen molar-refractivity contribution in [3.63, 3.8) is 0 Å². The number of amides is 1. The molecule has 222 valence electrons. The van der Waals surface area contributed by atoms with E-state index in [1.54, 1.807) is 17.2 Å². The summed E-state index contributed by atoms with van der Waals surface area (Å²) in [4.78, 5) is 14.5. The van der Waals surface area contributed by atoms with Gasteiger partial charge in [0, 0.05) is 53.6 Å². The number of carbonyl (C=O) groups excluding carboxylic acids is 1. The van der Waals surface area contributed by atoms with Gasteiger partial charge >= 0.3 is 59.1 Å². The fraction of sp³-hybridized carbons (Fsp3) is 0.400. The summed E-state index contributed by atoms with van der Waals surface area (Å²) in [5.41, 5.74) is 2.98. The summed E-state index contributed by atoms with van der Waals surface area (Å²) in [6.07, 6.45) is 12.2. The molecule has 1 heterocycles. The standard InChI is InChI=1S/C30H38N2O7S2.2Na/c1-4-5-6-11-21-32-28-18-17-26(40-39-38-34)23-27(28)30(3,19-13-22-41(35,36)37)29(32)16-10-12-20-31(24(2)33)25-14-8-7-9-15-25;;/h7-10,12,14-18,20,23H,4-6,11,13,19,21-22H2,1-3H3,(H-,34,35,36,37);;/q;2*+1/p-1. The van der Waals surface area contributed by atoms with E-state index in [0.29, 0.717) is 11.3 Å². The molecule has 0 fully saturated rings. The van der Waals surface area contributed by atoms with Crippen molar-refractivity contribution in [1.82, 2.24) is 0 Å². The molecule has 0 N–H and O–H groups in total. The zero-order chi connectivity index (χ0) is 29.9. The molecule has 9 nitrogen and oxygen atoms in total. The Morgan fingerprint density at radius 3 is 2.42 bits per heavy atom. The number of unbranched alkanes of at least 4 members (excludes halogenated alkanes) is 3. The van der Waals surface area contributed by atoms with Crippen LogP contribution in [0, 0.1) is 0 Å². The SMILES string of the molecule is CCCCCC[N+]1=C(/C=C/C=C/N(C(C)=O)c2ccccc2)C(C)(CCCS(=O)(=O)[O-])c2cc(SOO[O-])ccc21.[Na+].[Na+]. The van der Waals surface area contributed by atoms with Crippen molar-refractivity contribution in [2.45, 2.75) is 69.6 Å². The van der Waals surface area contributed by atoms with Gasteiger partial charge < -0.3 is 9.81 Å². The van der Waals surface area contributed by atoms with Gasteiger partial charge in [0.15, 0.2) is 5.71 Å². The summed E-state index contributed by atoms with van der Waals surface area (Å²) in [6.45, 7) is 6.44. The van der Waals surface area contributed by atoms with Gasteiger partial charge in [0.25, 0.3) is 0 Å². The number of anilines is 1. The molecule has 1 atom stereocenters. The molecule has 13 heteroatoms. The molecule has 43 heavy (non-hydrogen) atoms. The molecule has 3 rings (SSSR count). The summed E-state index contributed by atoms with van der Waals surface area (Å²) < 4.78 is 41.1. The molecule has 2 aromatic rings. The molecule has 0 spiro atoms. The number of hydrogen-bond acceptors (Lipinski definition) is 8. The number of rotatable bonds is 16. The normalized spacial score (nSPS) is 16.3. The minimum atomic E-state index is -4.37. The van der Waals surface area contributed by atoms with Crippen molar-refractivity contribution in [3.8, 4) is 0 Å². The third-order valence-electron chi connectivity index (χ3n) is 7.15. The van der Waals surface area contributed by atoms with Crippen LogP contribution in [-0.2, 0) is 29.7 Å². The zero-order valence-electron chi connectivity index (χ0n) is 25.7. The number of hydrogen-bond donors (Lipinski definition) is 0. The number of nitrogens with zero attached hydrogens (tertiary/aromatic N) is 2. The van der Waals surface area contributed by atoms with E-state index in [-0.39, 0.29) is 71.4 Å². The van der Waals surface area contributed by atoms with Gasteiger partial charge in [-0.1, -0.05) is 44.0 Å². The number of para-hydroxylation sites is 1. The smallest absolute Gasteiger partial charge is 0.748 e. The fourth-order valence-electron chi connectivity index (χ4n) is 5.18. The first-order valence-electron chi connectivity index (χ1n) is 13.7. The molecule has 0 aliphatic carbocycles. The van der Waals surface area contributed by atoms with E-state index in [1.807, 2.05) is 67.6 Å². The topological polar surface area (TPSA) is 122 Å². The molecular weight excluding hydrogens is 610 g/mol. The third-order valence-corrected chi connectivity index (χ3v) is 8.51. The molecule has 1 aliphatic rings. The van der Waals surface area contributed by atoms with E-state index < -0.39 is 21.3 Å². The van der Waals surface area contributed by atoms with Crippen LogP contribution in [0.3, 0.4) is 0 Å². The quantitative estimate of drug-likeness (QED) is 0.0343. The van der Waals surface area contributed by atoms with Crippen molar-refractivity contribution in [2.75, 3.05) is 17.2 Å². The second kappa shape index (κ2) is 19.7. The van der Waals surface area contributed by atoms with Gasteiger partial charge in [-0.3, -0.25) is 14.7 Å². The largest absolute Gasteiger partial charge is 1.00 e. The van der Waals surface area contributed by atoms with E-state index in [1.165, 1.54) is 6.92 Å².